The lowest BCUT2D eigenvalue weighted by Gasteiger charge is -2.09. The van der Waals surface area contributed by atoms with Crippen LogP contribution in [-0.4, -0.2) is 25.2 Å². The van der Waals surface area contributed by atoms with Crippen LogP contribution in [0.3, 0.4) is 0 Å². The predicted molar refractivity (Wildman–Crippen MR) is 111 cm³/mol. The van der Waals surface area contributed by atoms with E-state index in [-0.39, 0.29) is 5.91 Å². The molecule has 142 valence electrons. The van der Waals surface area contributed by atoms with Crippen LogP contribution in [0.15, 0.2) is 60.8 Å². The highest BCUT2D eigenvalue weighted by atomic mass is 16.1. The van der Waals surface area contributed by atoms with Crippen LogP contribution < -0.4 is 5.32 Å². The zero-order valence-electron chi connectivity index (χ0n) is 16.1. The Kier molecular flexibility index (Phi) is 4.93. The Morgan fingerprint density at radius 2 is 1.79 bits per heavy atom. The molecule has 0 aliphatic carbocycles. The van der Waals surface area contributed by atoms with E-state index in [0.29, 0.717) is 18.1 Å². The van der Waals surface area contributed by atoms with Crippen LogP contribution in [-0.2, 0) is 19.5 Å². The maximum Gasteiger partial charge on any atom is 0.261 e. The first-order valence-corrected chi connectivity index (χ1v) is 9.56. The number of imidazole rings is 1. The average Bonchev–Trinajstić information content (AvgIpc) is 3.28. The number of anilines is 1. The summed E-state index contributed by atoms with van der Waals surface area (Å²) >= 11 is 0. The highest BCUT2D eigenvalue weighted by molar-refractivity contribution is 6.04. The summed E-state index contributed by atoms with van der Waals surface area (Å²) in [6, 6.07) is 18.0. The minimum absolute atomic E-state index is 0.179. The topological polar surface area (TPSA) is 64.7 Å². The zero-order chi connectivity index (χ0) is 19.5. The van der Waals surface area contributed by atoms with Gasteiger partial charge in [-0.05, 0) is 31.0 Å². The molecule has 6 nitrogen and oxygen atoms in total. The molecular weight excluding hydrogens is 350 g/mol. The van der Waals surface area contributed by atoms with Crippen molar-refractivity contribution in [2.75, 3.05) is 5.32 Å². The van der Waals surface area contributed by atoms with Gasteiger partial charge in [-0.2, -0.15) is 5.10 Å². The van der Waals surface area contributed by atoms with E-state index in [4.69, 9.17) is 0 Å². The van der Waals surface area contributed by atoms with Gasteiger partial charge >= 0.3 is 0 Å². The van der Waals surface area contributed by atoms with E-state index in [0.717, 1.165) is 35.3 Å². The van der Waals surface area contributed by atoms with Gasteiger partial charge in [0.1, 0.15) is 0 Å². The van der Waals surface area contributed by atoms with Gasteiger partial charge in [0.15, 0.2) is 0 Å². The minimum atomic E-state index is -0.179. The highest BCUT2D eigenvalue weighted by Gasteiger charge is 2.19. The normalized spacial score (nSPS) is 11.1. The van der Waals surface area contributed by atoms with Gasteiger partial charge in [-0.3, -0.25) is 14.8 Å². The summed E-state index contributed by atoms with van der Waals surface area (Å²) in [7, 11) is 0. The van der Waals surface area contributed by atoms with Crippen LogP contribution in [0, 0.1) is 0 Å². The molecule has 0 aliphatic heterocycles. The number of para-hydroxylation sites is 2. The third-order valence-electron chi connectivity index (χ3n) is 4.90. The quantitative estimate of drug-likeness (QED) is 0.553. The molecule has 0 aliphatic rings. The van der Waals surface area contributed by atoms with E-state index < -0.39 is 0 Å². The van der Waals surface area contributed by atoms with E-state index in [1.54, 1.807) is 6.20 Å². The number of carbonyl (C=O) groups excluding carboxylic acids is 1. The Morgan fingerprint density at radius 1 is 1.04 bits per heavy atom. The molecule has 0 atom stereocenters. The third-order valence-corrected chi connectivity index (χ3v) is 4.90. The summed E-state index contributed by atoms with van der Waals surface area (Å²) < 4.78 is 3.90. The summed E-state index contributed by atoms with van der Waals surface area (Å²) in [5.41, 5.74) is 4.54. The van der Waals surface area contributed by atoms with E-state index >= 15 is 0 Å². The van der Waals surface area contributed by atoms with Crippen molar-refractivity contribution < 1.29 is 4.79 Å². The van der Waals surface area contributed by atoms with Gasteiger partial charge < -0.3 is 4.57 Å². The molecule has 28 heavy (non-hydrogen) atoms. The van der Waals surface area contributed by atoms with Crippen molar-refractivity contribution in [2.45, 2.75) is 33.4 Å². The molecule has 4 aromatic rings. The molecule has 0 saturated carbocycles. The van der Waals surface area contributed by atoms with Gasteiger partial charge in [0.05, 0.1) is 35.0 Å². The molecule has 0 bridgehead atoms. The molecule has 0 fully saturated rings. The predicted octanol–water partition coefficient (Wildman–Crippen LogP) is 4.12. The molecule has 1 amide bonds. The lowest BCUT2D eigenvalue weighted by Crippen LogP contribution is -2.17. The number of benzene rings is 2. The molecule has 4 rings (SSSR count). The molecular formula is C22H23N5O. The number of aryl methyl sites for hydroxylation is 1. The molecule has 0 saturated heterocycles. The number of fused-ring (bicyclic) bond motifs is 1. The molecule has 6 heteroatoms. The number of amides is 1. The van der Waals surface area contributed by atoms with Crippen LogP contribution in [0.4, 0.5) is 5.95 Å². The van der Waals surface area contributed by atoms with Gasteiger partial charge in [-0.1, -0.05) is 49.4 Å². The lowest BCUT2D eigenvalue weighted by atomic mass is 10.2. The second-order valence-corrected chi connectivity index (χ2v) is 6.62. The Hall–Kier alpha value is -3.41. The summed E-state index contributed by atoms with van der Waals surface area (Å²) in [5, 5.41) is 7.44. The average molecular weight is 373 g/mol. The summed E-state index contributed by atoms with van der Waals surface area (Å²) in [4.78, 5) is 17.6. The Morgan fingerprint density at radius 3 is 2.54 bits per heavy atom. The molecule has 2 aromatic heterocycles. The molecule has 0 radical (unpaired) electrons. The molecule has 2 heterocycles. The fourth-order valence-electron chi connectivity index (χ4n) is 3.53. The molecule has 0 spiro atoms. The Balaban J connectivity index is 1.62. The van der Waals surface area contributed by atoms with Gasteiger partial charge in [0.2, 0.25) is 5.95 Å². The minimum Gasteiger partial charge on any atom is -0.310 e. The number of hydrogen-bond donors (Lipinski definition) is 1. The smallest absolute Gasteiger partial charge is 0.261 e. The fourth-order valence-corrected chi connectivity index (χ4v) is 3.53. The Bertz CT molecular complexity index is 1110. The number of nitrogens with zero attached hydrogens (tertiary/aromatic N) is 4. The SMILES string of the molecule is CCc1c(C(=O)Nc2nc3ccccc3n2CC)cnn1Cc1ccccc1. The number of hydrogen-bond acceptors (Lipinski definition) is 3. The van der Waals surface area contributed by atoms with Crippen molar-refractivity contribution in [3.63, 3.8) is 0 Å². The zero-order valence-corrected chi connectivity index (χ0v) is 16.1. The van der Waals surface area contributed by atoms with Crippen LogP contribution in [0.25, 0.3) is 11.0 Å². The van der Waals surface area contributed by atoms with E-state index in [2.05, 4.69) is 27.5 Å². The van der Waals surface area contributed by atoms with E-state index in [1.807, 2.05) is 65.6 Å². The van der Waals surface area contributed by atoms with Crippen molar-refractivity contribution in [3.8, 4) is 0 Å². The largest absolute Gasteiger partial charge is 0.310 e. The van der Waals surface area contributed by atoms with Gasteiger partial charge in [0.25, 0.3) is 5.91 Å². The van der Waals surface area contributed by atoms with Crippen LogP contribution in [0.5, 0.6) is 0 Å². The first kappa shape index (κ1) is 18.0. The van der Waals surface area contributed by atoms with E-state index in [9.17, 15) is 4.79 Å². The van der Waals surface area contributed by atoms with Crippen molar-refractivity contribution >= 4 is 22.9 Å². The summed E-state index contributed by atoms with van der Waals surface area (Å²) in [5.74, 6) is 0.382. The van der Waals surface area contributed by atoms with E-state index in [1.165, 1.54) is 0 Å². The second kappa shape index (κ2) is 7.68. The van der Waals surface area contributed by atoms with Crippen molar-refractivity contribution in [3.05, 3.63) is 77.6 Å². The first-order chi connectivity index (χ1) is 13.7. The van der Waals surface area contributed by atoms with Gasteiger partial charge in [-0.15, -0.1) is 0 Å². The van der Waals surface area contributed by atoms with Crippen LogP contribution in [0.1, 0.15) is 35.5 Å². The molecule has 1 N–H and O–H groups in total. The third kappa shape index (κ3) is 3.29. The lowest BCUT2D eigenvalue weighted by molar-refractivity contribution is 0.102. The highest BCUT2D eigenvalue weighted by Crippen LogP contribution is 2.21. The standard InChI is InChI=1S/C22H23N5O/c1-3-19-17(14-23-27(19)15-16-10-6-5-7-11-16)21(28)25-22-24-18-12-8-9-13-20(18)26(22)4-2/h5-14H,3-4,15H2,1-2H3,(H,24,25,28). The maximum atomic E-state index is 13.0. The van der Waals surface area contributed by atoms with Gasteiger partial charge in [0, 0.05) is 6.54 Å². The summed E-state index contributed by atoms with van der Waals surface area (Å²) in [6.07, 6.45) is 2.37. The number of carbonyl (C=O) groups is 1. The fraction of sp³-hybridized carbons (Fsp3) is 0.227. The first-order valence-electron chi connectivity index (χ1n) is 9.56. The van der Waals surface area contributed by atoms with Crippen LogP contribution in [0.2, 0.25) is 0 Å². The maximum absolute atomic E-state index is 13.0. The monoisotopic (exact) mass is 373 g/mol. The van der Waals surface area contributed by atoms with Gasteiger partial charge in [-0.25, -0.2) is 4.98 Å². The van der Waals surface area contributed by atoms with Crippen LogP contribution >= 0.6 is 0 Å². The number of aromatic nitrogens is 4. The molecule has 0 unspecified atom stereocenters. The Labute approximate surface area is 163 Å². The summed E-state index contributed by atoms with van der Waals surface area (Å²) in [6.45, 7) is 5.45. The second-order valence-electron chi connectivity index (χ2n) is 6.62. The van der Waals surface area contributed by atoms with Crippen molar-refractivity contribution in [1.29, 1.82) is 0 Å². The van der Waals surface area contributed by atoms with Crippen molar-refractivity contribution in [2.24, 2.45) is 0 Å². The van der Waals surface area contributed by atoms with Crippen molar-refractivity contribution in [1.82, 2.24) is 19.3 Å². The molecule has 2 aromatic carbocycles. The number of rotatable bonds is 6. The number of nitrogens with one attached hydrogen (secondary N) is 1.